The topological polar surface area (TPSA) is 41.1 Å². The van der Waals surface area contributed by atoms with E-state index in [1.165, 1.54) is 5.56 Å². The number of hydrogen-bond acceptors (Lipinski definition) is 2. The van der Waals surface area contributed by atoms with E-state index in [9.17, 15) is 4.79 Å². The predicted octanol–water partition coefficient (Wildman–Crippen LogP) is 4.26. The second kappa shape index (κ2) is 6.99. The van der Waals surface area contributed by atoms with Gasteiger partial charge in [-0.1, -0.05) is 25.1 Å². The fourth-order valence-electron chi connectivity index (χ4n) is 2.02. The minimum absolute atomic E-state index is 0.0547. The largest absolute Gasteiger partial charge is 0.332 e. The van der Waals surface area contributed by atoms with E-state index in [-0.39, 0.29) is 5.78 Å². The molecule has 2 rings (SSSR count). The van der Waals surface area contributed by atoms with Crippen molar-refractivity contribution in [2.45, 2.75) is 20.3 Å². The van der Waals surface area contributed by atoms with E-state index in [2.05, 4.69) is 23.6 Å². The molecule has 0 unspecified atom stereocenters. The fourth-order valence-corrected chi connectivity index (χ4v) is 2.25. The molecule has 3 nitrogen and oxygen atoms in total. The van der Waals surface area contributed by atoms with Crippen molar-refractivity contribution in [2.75, 3.05) is 10.6 Å². The SMILES string of the molecule is CCc1ccccc1NC(=S)Nc1ccc(C(C)=O)cc1. The Labute approximate surface area is 130 Å². The van der Waals surface area contributed by atoms with Crippen LogP contribution in [-0.4, -0.2) is 10.9 Å². The molecule has 2 aromatic carbocycles. The summed E-state index contributed by atoms with van der Waals surface area (Å²) < 4.78 is 0. The van der Waals surface area contributed by atoms with Crippen LogP contribution in [0.15, 0.2) is 48.5 Å². The van der Waals surface area contributed by atoms with Gasteiger partial charge in [-0.05, 0) is 61.5 Å². The lowest BCUT2D eigenvalue weighted by atomic mass is 10.1. The molecule has 0 bridgehead atoms. The summed E-state index contributed by atoms with van der Waals surface area (Å²) in [5, 5.41) is 6.85. The lowest BCUT2D eigenvalue weighted by Gasteiger charge is -2.13. The first-order chi connectivity index (χ1) is 10.1. The molecule has 2 N–H and O–H groups in total. The van der Waals surface area contributed by atoms with Gasteiger partial charge in [-0.25, -0.2) is 0 Å². The zero-order valence-corrected chi connectivity index (χ0v) is 13.0. The monoisotopic (exact) mass is 298 g/mol. The van der Waals surface area contributed by atoms with Crippen LogP contribution in [0, 0.1) is 0 Å². The highest BCUT2D eigenvalue weighted by Crippen LogP contribution is 2.16. The van der Waals surface area contributed by atoms with E-state index < -0.39 is 0 Å². The van der Waals surface area contributed by atoms with Gasteiger partial charge < -0.3 is 10.6 Å². The summed E-state index contributed by atoms with van der Waals surface area (Å²) in [6.07, 6.45) is 0.944. The smallest absolute Gasteiger partial charge is 0.175 e. The molecule has 2 aromatic rings. The van der Waals surface area contributed by atoms with Gasteiger partial charge in [0, 0.05) is 16.9 Å². The lowest BCUT2D eigenvalue weighted by molar-refractivity contribution is 0.101. The zero-order valence-electron chi connectivity index (χ0n) is 12.1. The molecule has 21 heavy (non-hydrogen) atoms. The highest BCUT2D eigenvalue weighted by atomic mass is 32.1. The van der Waals surface area contributed by atoms with Crippen LogP contribution in [0.4, 0.5) is 11.4 Å². The third kappa shape index (κ3) is 4.13. The molecular weight excluding hydrogens is 280 g/mol. The molecular formula is C17H18N2OS. The third-order valence-electron chi connectivity index (χ3n) is 3.20. The Balaban J connectivity index is 2.03. The summed E-state index contributed by atoms with van der Waals surface area (Å²) in [5.41, 5.74) is 3.77. The molecule has 0 heterocycles. The third-order valence-corrected chi connectivity index (χ3v) is 3.40. The van der Waals surface area contributed by atoms with Crippen LogP contribution >= 0.6 is 12.2 Å². The van der Waals surface area contributed by atoms with Gasteiger partial charge in [0.25, 0.3) is 0 Å². The van der Waals surface area contributed by atoms with Crippen molar-refractivity contribution in [3.8, 4) is 0 Å². The van der Waals surface area contributed by atoms with Crippen LogP contribution in [0.3, 0.4) is 0 Å². The van der Waals surface area contributed by atoms with Gasteiger partial charge in [0.1, 0.15) is 0 Å². The van der Waals surface area contributed by atoms with Gasteiger partial charge in [0.2, 0.25) is 0 Å². The van der Waals surface area contributed by atoms with Gasteiger partial charge in [-0.15, -0.1) is 0 Å². The van der Waals surface area contributed by atoms with Crippen LogP contribution < -0.4 is 10.6 Å². The second-order valence-corrected chi connectivity index (χ2v) is 5.13. The lowest BCUT2D eigenvalue weighted by Crippen LogP contribution is -2.19. The van der Waals surface area contributed by atoms with Crippen molar-refractivity contribution in [3.63, 3.8) is 0 Å². The summed E-state index contributed by atoms with van der Waals surface area (Å²) in [4.78, 5) is 11.2. The Kier molecular flexibility index (Phi) is 5.06. The van der Waals surface area contributed by atoms with Crippen molar-refractivity contribution >= 4 is 34.5 Å². The number of aryl methyl sites for hydroxylation is 1. The number of carbonyl (C=O) groups is 1. The minimum atomic E-state index is 0.0547. The highest BCUT2D eigenvalue weighted by molar-refractivity contribution is 7.80. The van der Waals surface area contributed by atoms with E-state index >= 15 is 0 Å². The van der Waals surface area contributed by atoms with E-state index in [0.29, 0.717) is 10.7 Å². The number of ketones is 1. The summed E-state index contributed by atoms with van der Waals surface area (Å²) >= 11 is 5.32. The van der Waals surface area contributed by atoms with Crippen molar-refractivity contribution in [3.05, 3.63) is 59.7 Å². The van der Waals surface area contributed by atoms with Gasteiger partial charge >= 0.3 is 0 Å². The van der Waals surface area contributed by atoms with E-state index in [4.69, 9.17) is 12.2 Å². The first-order valence-electron chi connectivity index (χ1n) is 6.87. The molecule has 0 radical (unpaired) electrons. The first-order valence-corrected chi connectivity index (χ1v) is 7.28. The van der Waals surface area contributed by atoms with Gasteiger partial charge in [0.15, 0.2) is 10.9 Å². The molecule has 0 fully saturated rings. The van der Waals surface area contributed by atoms with Crippen molar-refractivity contribution in [2.24, 2.45) is 0 Å². The number of anilines is 2. The number of Topliss-reactive ketones (excluding diaryl/α,β-unsaturated/α-hetero) is 1. The molecule has 0 amide bonds. The predicted molar refractivity (Wildman–Crippen MR) is 92.1 cm³/mol. The number of carbonyl (C=O) groups excluding carboxylic acids is 1. The number of rotatable bonds is 4. The first kappa shape index (κ1) is 15.2. The second-order valence-electron chi connectivity index (χ2n) is 4.72. The van der Waals surface area contributed by atoms with Crippen LogP contribution in [0.5, 0.6) is 0 Å². The van der Waals surface area contributed by atoms with Crippen molar-refractivity contribution in [1.29, 1.82) is 0 Å². The number of nitrogens with one attached hydrogen (secondary N) is 2. The summed E-state index contributed by atoms with van der Waals surface area (Å²) in [7, 11) is 0. The Morgan fingerprint density at radius 3 is 2.33 bits per heavy atom. The quantitative estimate of drug-likeness (QED) is 0.653. The molecule has 0 aliphatic rings. The molecule has 0 aliphatic heterocycles. The van der Waals surface area contributed by atoms with Crippen LogP contribution in [-0.2, 0) is 6.42 Å². The number of hydrogen-bond donors (Lipinski definition) is 2. The fraction of sp³-hybridized carbons (Fsp3) is 0.176. The number of para-hydroxylation sites is 1. The minimum Gasteiger partial charge on any atom is -0.332 e. The Hall–Kier alpha value is -2.20. The zero-order chi connectivity index (χ0) is 15.2. The molecule has 0 aliphatic carbocycles. The number of thiocarbonyl (C=S) groups is 1. The average molecular weight is 298 g/mol. The number of benzene rings is 2. The van der Waals surface area contributed by atoms with Gasteiger partial charge in [-0.3, -0.25) is 4.79 Å². The van der Waals surface area contributed by atoms with Gasteiger partial charge in [0.05, 0.1) is 0 Å². The van der Waals surface area contributed by atoms with Gasteiger partial charge in [-0.2, -0.15) is 0 Å². The van der Waals surface area contributed by atoms with Crippen LogP contribution in [0.1, 0.15) is 29.8 Å². The summed E-state index contributed by atoms with van der Waals surface area (Å²) in [6.45, 7) is 3.66. The molecule has 0 saturated heterocycles. The maximum Gasteiger partial charge on any atom is 0.175 e. The molecule has 108 valence electrons. The van der Waals surface area contributed by atoms with E-state index in [0.717, 1.165) is 17.8 Å². The average Bonchev–Trinajstić information content (AvgIpc) is 2.48. The molecule has 0 atom stereocenters. The Morgan fingerprint density at radius 2 is 1.71 bits per heavy atom. The molecule has 0 spiro atoms. The normalized spacial score (nSPS) is 10.0. The van der Waals surface area contributed by atoms with Crippen LogP contribution in [0.2, 0.25) is 0 Å². The molecule has 4 heteroatoms. The summed E-state index contributed by atoms with van der Waals surface area (Å²) in [6, 6.07) is 15.3. The van der Waals surface area contributed by atoms with Crippen LogP contribution in [0.25, 0.3) is 0 Å². The molecule has 0 aromatic heterocycles. The Morgan fingerprint density at radius 1 is 1.05 bits per heavy atom. The summed E-state index contributed by atoms with van der Waals surface area (Å²) in [5.74, 6) is 0.0547. The standard InChI is InChI=1S/C17H18N2OS/c1-3-13-6-4-5-7-16(13)19-17(21)18-15-10-8-14(9-11-15)12(2)20/h4-11H,3H2,1-2H3,(H2,18,19,21). The maximum atomic E-state index is 11.2. The van der Waals surface area contributed by atoms with E-state index in [1.54, 1.807) is 19.1 Å². The van der Waals surface area contributed by atoms with Crippen molar-refractivity contribution < 1.29 is 4.79 Å². The van der Waals surface area contributed by atoms with E-state index in [1.807, 2.05) is 30.3 Å². The Bertz CT molecular complexity index is 650. The van der Waals surface area contributed by atoms with Crippen molar-refractivity contribution in [1.82, 2.24) is 0 Å². The maximum absolute atomic E-state index is 11.2. The highest BCUT2D eigenvalue weighted by Gasteiger charge is 2.03. The molecule has 0 saturated carbocycles.